The monoisotopic (exact) mass is 382 g/mol. The first-order valence-corrected chi connectivity index (χ1v) is 10.1. The molecule has 6 nitrogen and oxygen atoms in total. The van der Waals surface area contributed by atoms with Crippen LogP contribution in [-0.4, -0.2) is 53.5 Å². The van der Waals surface area contributed by atoms with Gasteiger partial charge in [0.15, 0.2) is 0 Å². The largest absolute Gasteiger partial charge is 0.468 e. The summed E-state index contributed by atoms with van der Waals surface area (Å²) in [6.07, 6.45) is 4.10. The smallest absolute Gasteiger partial charge is 0.323 e. The van der Waals surface area contributed by atoms with Crippen LogP contribution in [0.15, 0.2) is 24.3 Å². The molecule has 1 N–H and O–H groups in total. The molecular weight excluding hydrogens is 356 g/mol. The normalized spacial score (nSPS) is 32.5. The Labute approximate surface area is 164 Å². The molecule has 3 heterocycles. The highest BCUT2D eigenvalue weighted by Gasteiger charge is 2.56. The van der Waals surface area contributed by atoms with Crippen LogP contribution in [0.4, 0.5) is 0 Å². The minimum absolute atomic E-state index is 0.0689. The maximum Gasteiger partial charge on any atom is 0.323 e. The quantitative estimate of drug-likeness (QED) is 0.809. The van der Waals surface area contributed by atoms with Gasteiger partial charge in [-0.15, -0.1) is 0 Å². The van der Waals surface area contributed by atoms with Crippen molar-refractivity contribution in [3.63, 3.8) is 0 Å². The van der Waals surface area contributed by atoms with Crippen LogP contribution < -0.4 is 0 Å². The van der Waals surface area contributed by atoms with Gasteiger partial charge in [0.05, 0.1) is 18.8 Å². The number of esters is 1. The van der Waals surface area contributed by atoms with Crippen LogP contribution in [0.2, 0.25) is 0 Å². The van der Waals surface area contributed by atoms with Crippen LogP contribution in [-0.2, 0) is 25.5 Å². The fourth-order valence-electron chi connectivity index (χ4n) is 5.87. The van der Waals surface area contributed by atoms with Gasteiger partial charge >= 0.3 is 5.97 Å². The highest BCUT2D eigenvalue weighted by Crippen LogP contribution is 2.51. The fourth-order valence-corrected chi connectivity index (χ4v) is 5.87. The summed E-state index contributed by atoms with van der Waals surface area (Å²) in [5.74, 6) is 0.0234. The number of ether oxygens (including phenoxy) is 2. The molecule has 28 heavy (non-hydrogen) atoms. The molecule has 1 aromatic heterocycles. The van der Waals surface area contributed by atoms with E-state index in [4.69, 9.17) is 9.47 Å². The van der Waals surface area contributed by atoms with Crippen molar-refractivity contribution in [3.8, 4) is 0 Å². The Morgan fingerprint density at radius 1 is 1.21 bits per heavy atom. The summed E-state index contributed by atoms with van der Waals surface area (Å²) in [6, 6.07) is 7.83. The molecule has 3 aliphatic rings. The molecule has 1 saturated carbocycles. The number of piperidine rings is 1. The molecule has 4 atom stereocenters. The third-order valence-electron chi connectivity index (χ3n) is 7.23. The number of rotatable bonds is 2. The lowest BCUT2D eigenvalue weighted by Gasteiger charge is -2.57. The number of fused-ring (bicyclic) bond motifs is 7. The molecule has 148 valence electrons. The summed E-state index contributed by atoms with van der Waals surface area (Å²) in [5, 5.41) is 1.18. The molecule has 0 bridgehead atoms. The Hall–Kier alpha value is -2.18. The van der Waals surface area contributed by atoms with E-state index in [-0.39, 0.29) is 29.4 Å². The summed E-state index contributed by atoms with van der Waals surface area (Å²) >= 11 is 0. The third-order valence-corrected chi connectivity index (χ3v) is 7.23. The molecule has 0 amide bonds. The van der Waals surface area contributed by atoms with Gasteiger partial charge in [0, 0.05) is 49.0 Å². The molecule has 1 aromatic carbocycles. The molecular formula is C22H26N2O4. The Bertz CT molecular complexity index is 951. The van der Waals surface area contributed by atoms with Crippen molar-refractivity contribution < 1.29 is 19.1 Å². The summed E-state index contributed by atoms with van der Waals surface area (Å²) < 4.78 is 11.2. The second kappa shape index (κ2) is 6.42. The first-order valence-electron chi connectivity index (χ1n) is 10.1. The Morgan fingerprint density at radius 2 is 2.04 bits per heavy atom. The number of benzene rings is 1. The molecule has 1 saturated heterocycles. The third kappa shape index (κ3) is 2.40. The summed E-state index contributed by atoms with van der Waals surface area (Å²) in [5.41, 5.74) is 3.13. The number of H-pyrrole nitrogens is 1. The van der Waals surface area contributed by atoms with Crippen LogP contribution in [0, 0.1) is 0 Å². The Balaban J connectivity index is 1.66. The number of methoxy groups -OCH3 is 2. The summed E-state index contributed by atoms with van der Waals surface area (Å²) in [4.78, 5) is 31.1. The predicted octanol–water partition coefficient (Wildman–Crippen LogP) is 2.91. The van der Waals surface area contributed by atoms with Gasteiger partial charge in [0.2, 0.25) is 0 Å². The first kappa shape index (κ1) is 17.9. The number of carbonyl (C=O) groups excluding carboxylic acids is 2. The average molecular weight is 382 g/mol. The number of Topliss-reactive ketones (excluding diaryl/α,β-unsaturated/α-hetero) is 1. The maximum atomic E-state index is 12.8. The van der Waals surface area contributed by atoms with E-state index in [2.05, 4.69) is 22.0 Å². The van der Waals surface area contributed by atoms with Crippen molar-refractivity contribution in [2.45, 2.75) is 62.3 Å². The van der Waals surface area contributed by atoms with Crippen molar-refractivity contribution in [2.24, 2.45) is 0 Å². The minimum atomic E-state index is -0.396. The Kier molecular flexibility index (Phi) is 4.10. The molecule has 1 aliphatic carbocycles. The lowest BCUT2D eigenvalue weighted by atomic mass is 9.69. The standard InChI is InChI=1S/C22H26N2O4/c1-27-21(26)18-12-15-14-5-3-4-6-16(14)23-20(15)17-8-10-22(28-2)9-7-13(25)11-19(22)24(17)18/h3-6,17-19,23H,7-12H2,1-2H3/t17-,18+,19+,22-/m0/s1. The van der Waals surface area contributed by atoms with Crippen molar-refractivity contribution >= 4 is 22.7 Å². The highest BCUT2D eigenvalue weighted by molar-refractivity contribution is 5.87. The van der Waals surface area contributed by atoms with Gasteiger partial charge in [0.1, 0.15) is 11.8 Å². The van der Waals surface area contributed by atoms with Crippen molar-refractivity contribution in [1.82, 2.24) is 9.88 Å². The first-order chi connectivity index (χ1) is 13.6. The van der Waals surface area contributed by atoms with E-state index in [0.29, 0.717) is 19.3 Å². The van der Waals surface area contributed by atoms with Gasteiger partial charge in [0.25, 0.3) is 0 Å². The molecule has 2 aromatic rings. The molecule has 6 heteroatoms. The number of nitrogens with one attached hydrogen (secondary N) is 1. The maximum absolute atomic E-state index is 12.8. The minimum Gasteiger partial charge on any atom is -0.468 e. The Morgan fingerprint density at radius 3 is 2.82 bits per heavy atom. The zero-order valence-corrected chi connectivity index (χ0v) is 16.4. The summed E-state index contributed by atoms with van der Waals surface area (Å²) in [6.45, 7) is 0. The van der Waals surface area contributed by atoms with Crippen LogP contribution in [0.3, 0.4) is 0 Å². The van der Waals surface area contributed by atoms with E-state index in [9.17, 15) is 9.59 Å². The lowest BCUT2D eigenvalue weighted by Crippen LogP contribution is -2.66. The van der Waals surface area contributed by atoms with Gasteiger partial charge in [-0.05, 0) is 30.9 Å². The van der Waals surface area contributed by atoms with Crippen LogP contribution >= 0.6 is 0 Å². The number of hydrogen-bond donors (Lipinski definition) is 1. The zero-order chi connectivity index (χ0) is 19.5. The number of hydrogen-bond acceptors (Lipinski definition) is 5. The molecule has 0 unspecified atom stereocenters. The van der Waals surface area contributed by atoms with E-state index < -0.39 is 6.04 Å². The molecule has 0 spiro atoms. The van der Waals surface area contributed by atoms with Crippen LogP contribution in [0.1, 0.15) is 49.4 Å². The van der Waals surface area contributed by atoms with E-state index >= 15 is 0 Å². The van der Waals surface area contributed by atoms with Crippen molar-refractivity contribution in [2.75, 3.05) is 14.2 Å². The van der Waals surface area contributed by atoms with E-state index in [1.165, 1.54) is 23.8 Å². The van der Waals surface area contributed by atoms with Gasteiger partial charge < -0.3 is 14.5 Å². The second-order valence-electron chi connectivity index (χ2n) is 8.34. The number of aromatic nitrogens is 1. The molecule has 2 fully saturated rings. The van der Waals surface area contributed by atoms with E-state index in [1.54, 1.807) is 7.11 Å². The number of para-hydroxylation sites is 1. The topological polar surface area (TPSA) is 71.6 Å². The average Bonchev–Trinajstić information content (AvgIpc) is 3.11. The number of ketones is 1. The number of nitrogens with zero attached hydrogens (tertiary/aromatic N) is 1. The van der Waals surface area contributed by atoms with Crippen molar-refractivity contribution in [1.29, 1.82) is 0 Å². The van der Waals surface area contributed by atoms with Gasteiger partial charge in [-0.1, -0.05) is 18.2 Å². The van der Waals surface area contributed by atoms with E-state index in [0.717, 1.165) is 24.8 Å². The van der Waals surface area contributed by atoms with Gasteiger partial charge in [-0.3, -0.25) is 14.5 Å². The molecule has 0 radical (unpaired) electrons. The van der Waals surface area contributed by atoms with Gasteiger partial charge in [-0.25, -0.2) is 0 Å². The number of aromatic amines is 1. The molecule has 5 rings (SSSR count). The number of carbonyl (C=O) groups is 2. The second-order valence-corrected chi connectivity index (χ2v) is 8.34. The van der Waals surface area contributed by atoms with Crippen LogP contribution in [0.25, 0.3) is 10.9 Å². The van der Waals surface area contributed by atoms with Crippen LogP contribution in [0.5, 0.6) is 0 Å². The molecule has 2 aliphatic heterocycles. The highest BCUT2D eigenvalue weighted by atomic mass is 16.5. The van der Waals surface area contributed by atoms with Crippen molar-refractivity contribution in [3.05, 3.63) is 35.5 Å². The lowest BCUT2D eigenvalue weighted by molar-refractivity contribution is -0.179. The predicted molar refractivity (Wildman–Crippen MR) is 104 cm³/mol. The van der Waals surface area contributed by atoms with Gasteiger partial charge in [-0.2, -0.15) is 0 Å². The zero-order valence-electron chi connectivity index (χ0n) is 16.4. The summed E-state index contributed by atoms with van der Waals surface area (Å²) in [7, 11) is 3.19. The van der Waals surface area contributed by atoms with E-state index in [1.807, 2.05) is 12.1 Å². The fraction of sp³-hybridized carbons (Fsp3) is 0.545. The SMILES string of the molecule is COC(=O)[C@H]1Cc2c([nH]c3ccccc23)[C@@H]2CC[C@@]3(OC)CCC(=O)C[C@H]3N12.